The highest BCUT2D eigenvalue weighted by atomic mass is 79.9. The average Bonchev–Trinajstić information content (AvgIpc) is 2.55. The lowest BCUT2D eigenvalue weighted by Crippen LogP contribution is -2.23. The SMILES string of the molecule is CCC(CC)C(NC)c1cc(C)c(Br)s1. The molecule has 1 heterocycles. The smallest absolute Gasteiger partial charge is 0.0731 e. The van der Waals surface area contributed by atoms with Crippen LogP contribution in [0.3, 0.4) is 0 Å². The van der Waals surface area contributed by atoms with Crippen LogP contribution in [0.2, 0.25) is 0 Å². The Morgan fingerprint density at radius 2 is 2.00 bits per heavy atom. The molecule has 3 heteroatoms. The van der Waals surface area contributed by atoms with Gasteiger partial charge >= 0.3 is 0 Å². The molecular formula is C12H20BrNS. The number of hydrogen-bond acceptors (Lipinski definition) is 2. The van der Waals surface area contributed by atoms with Crippen molar-refractivity contribution in [2.24, 2.45) is 5.92 Å². The molecule has 0 amide bonds. The number of halogens is 1. The van der Waals surface area contributed by atoms with E-state index in [4.69, 9.17) is 0 Å². The van der Waals surface area contributed by atoms with Gasteiger partial charge in [0.2, 0.25) is 0 Å². The van der Waals surface area contributed by atoms with E-state index in [0.717, 1.165) is 5.92 Å². The number of nitrogens with one attached hydrogen (secondary N) is 1. The van der Waals surface area contributed by atoms with Gasteiger partial charge in [0.1, 0.15) is 0 Å². The summed E-state index contributed by atoms with van der Waals surface area (Å²) in [6.45, 7) is 6.70. The van der Waals surface area contributed by atoms with Gasteiger partial charge in [0.05, 0.1) is 3.79 Å². The van der Waals surface area contributed by atoms with Gasteiger partial charge in [-0.1, -0.05) is 26.7 Å². The molecule has 1 unspecified atom stereocenters. The summed E-state index contributed by atoms with van der Waals surface area (Å²) < 4.78 is 1.27. The minimum Gasteiger partial charge on any atom is -0.312 e. The predicted molar refractivity (Wildman–Crippen MR) is 72.6 cm³/mol. The summed E-state index contributed by atoms with van der Waals surface area (Å²) in [6, 6.07) is 2.81. The molecule has 1 atom stereocenters. The lowest BCUT2D eigenvalue weighted by molar-refractivity contribution is 0.364. The largest absolute Gasteiger partial charge is 0.312 e. The van der Waals surface area contributed by atoms with Gasteiger partial charge in [-0.05, 0) is 47.4 Å². The molecule has 0 aromatic carbocycles. The zero-order valence-corrected chi connectivity index (χ0v) is 12.3. The third-order valence-corrected chi connectivity index (χ3v) is 5.23. The van der Waals surface area contributed by atoms with Gasteiger partial charge in [-0.2, -0.15) is 0 Å². The first kappa shape index (κ1) is 13.2. The Kier molecular flexibility index (Phi) is 5.30. The van der Waals surface area contributed by atoms with Crippen molar-refractivity contribution in [3.8, 4) is 0 Å². The molecule has 1 N–H and O–H groups in total. The van der Waals surface area contributed by atoms with Crippen molar-refractivity contribution in [1.29, 1.82) is 0 Å². The molecule has 0 fully saturated rings. The summed E-state index contributed by atoms with van der Waals surface area (Å²) in [7, 11) is 2.06. The molecule has 0 aliphatic heterocycles. The molecule has 1 aromatic heterocycles. The monoisotopic (exact) mass is 289 g/mol. The van der Waals surface area contributed by atoms with E-state index in [1.165, 1.54) is 27.1 Å². The lowest BCUT2D eigenvalue weighted by atomic mass is 9.93. The summed E-state index contributed by atoms with van der Waals surface area (Å²) in [5.41, 5.74) is 1.35. The number of thiophene rings is 1. The van der Waals surface area contributed by atoms with Gasteiger partial charge in [0.15, 0.2) is 0 Å². The number of aryl methyl sites for hydroxylation is 1. The van der Waals surface area contributed by atoms with Crippen molar-refractivity contribution < 1.29 is 0 Å². The van der Waals surface area contributed by atoms with Crippen LogP contribution in [0.5, 0.6) is 0 Å². The normalized spacial score (nSPS) is 13.5. The minimum atomic E-state index is 0.509. The summed E-state index contributed by atoms with van der Waals surface area (Å²) in [5, 5.41) is 3.45. The van der Waals surface area contributed by atoms with Crippen LogP contribution < -0.4 is 5.32 Å². The van der Waals surface area contributed by atoms with Crippen molar-refractivity contribution in [1.82, 2.24) is 5.32 Å². The van der Waals surface area contributed by atoms with Crippen LogP contribution in [-0.2, 0) is 0 Å². The Balaban J connectivity index is 2.91. The molecular weight excluding hydrogens is 270 g/mol. The number of hydrogen-bond donors (Lipinski definition) is 1. The van der Waals surface area contributed by atoms with E-state index in [1.807, 2.05) is 11.3 Å². The van der Waals surface area contributed by atoms with Gasteiger partial charge < -0.3 is 5.32 Å². The molecule has 0 saturated carbocycles. The molecule has 1 aromatic rings. The predicted octanol–water partition coefficient (Wildman–Crippen LogP) is 4.52. The quantitative estimate of drug-likeness (QED) is 0.841. The van der Waals surface area contributed by atoms with Crippen LogP contribution in [0, 0.1) is 12.8 Å². The first-order valence-corrected chi connectivity index (χ1v) is 7.18. The molecule has 86 valence electrons. The fourth-order valence-electron chi connectivity index (χ4n) is 2.01. The second kappa shape index (κ2) is 6.02. The van der Waals surface area contributed by atoms with Crippen molar-refractivity contribution >= 4 is 27.3 Å². The molecule has 1 nitrogen and oxygen atoms in total. The van der Waals surface area contributed by atoms with E-state index in [0.29, 0.717) is 6.04 Å². The van der Waals surface area contributed by atoms with Crippen LogP contribution in [-0.4, -0.2) is 7.05 Å². The summed E-state index contributed by atoms with van der Waals surface area (Å²) in [6.07, 6.45) is 2.47. The molecule has 15 heavy (non-hydrogen) atoms. The highest BCUT2D eigenvalue weighted by Gasteiger charge is 2.20. The Hall–Kier alpha value is 0.140. The van der Waals surface area contributed by atoms with Gasteiger partial charge in [0, 0.05) is 10.9 Å². The van der Waals surface area contributed by atoms with Crippen molar-refractivity contribution in [3.63, 3.8) is 0 Å². The summed E-state index contributed by atoms with van der Waals surface area (Å²) in [4.78, 5) is 1.45. The van der Waals surface area contributed by atoms with Crippen LogP contribution in [0.4, 0.5) is 0 Å². The van der Waals surface area contributed by atoms with Gasteiger partial charge in [-0.25, -0.2) is 0 Å². The lowest BCUT2D eigenvalue weighted by Gasteiger charge is -2.23. The molecule has 0 aliphatic carbocycles. The maximum Gasteiger partial charge on any atom is 0.0731 e. The second-order valence-corrected chi connectivity index (χ2v) is 6.35. The van der Waals surface area contributed by atoms with Crippen LogP contribution in [0.1, 0.15) is 43.2 Å². The van der Waals surface area contributed by atoms with Crippen molar-refractivity contribution in [3.05, 3.63) is 20.3 Å². The average molecular weight is 290 g/mol. The van der Waals surface area contributed by atoms with E-state index in [1.54, 1.807) is 0 Å². The Morgan fingerprint density at radius 1 is 1.40 bits per heavy atom. The molecule has 0 aliphatic rings. The first-order chi connectivity index (χ1) is 7.13. The molecule has 0 bridgehead atoms. The van der Waals surface area contributed by atoms with Gasteiger partial charge in [0.25, 0.3) is 0 Å². The minimum absolute atomic E-state index is 0.509. The van der Waals surface area contributed by atoms with Crippen LogP contribution in [0.15, 0.2) is 9.85 Å². The third-order valence-electron chi connectivity index (χ3n) is 3.01. The molecule has 1 rings (SSSR count). The fraction of sp³-hybridized carbons (Fsp3) is 0.667. The van der Waals surface area contributed by atoms with Crippen LogP contribution in [0.25, 0.3) is 0 Å². The summed E-state index contributed by atoms with van der Waals surface area (Å²) >= 11 is 5.46. The maximum absolute atomic E-state index is 3.60. The first-order valence-electron chi connectivity index (χ1n) is 5.57. The molecule has 0 spiro atoms. The van der Waals surface area contributed by atoms with E-state index >= 15 is 0 Å². The van der Waals surface area contributed by atoms with Gasteiger partial charge in [-0.3, -0.25) is 0 Å². The van der Waals surface area contributed by atoms with E-state index < -0.39 is 0 Å². The zero-order valence-electron chi connectivity index (χ0n) is 9.93. The van der Waals surface area contributed by atoms with Crippen molar-refractivity contribution in [2.75, 3.05) is 7.05 Å². The zero-order chi connectivity index (χ0) is 11.4. The van der Waals surface area contributed by atoms with E-state index in [9.17, 15) is 0 Å². The van der Waals surface area contributed by atoms with E-state index in [2.05, 4.69) is 55.1 Å². The summed E-state index contributed by atoms with van der Waals surface area (Å²) in [5.74, 6) is 0.736. The maximum atomic E-state index is 3.60. The van der Waals surface area contributed by atoms with E-state index in [-0.39, 0.29) is 0 Å². The highest BCUT2D eigenvalue weighted by molar-refractivity contribution is 9.11. The Morgan fingerprint density at radius 3 is 2.33 bits per heavy atom. The molecule has 0 saturated heterocycles. The standard InChI is InChI=1S/C12H20BrNS/c1-5-9(6-2)11(14-4)10-7-8(3)12(13)15-10/h7,9,11,14H,5-6H2,1-4H3. The second-order valence-electron chi connectivity index (χ2n) is 3.95. The van der Waals surface area contributed by atoms with Crippen LogP contribution >= 0.6 is 27.3 Å². The Bertz CT molecular complexity index is 285. The van der Waals surface area contributed by atoms with Gasteiger partial charge in [-0.15, -0.1) is 11.3 Å². The highest BCUT2D eigenvalue weighted by Crippen LogP contribution is 2.36. The number of rotatable bonds is 5. The fourth-order valence-corrected chi connectivity index (χ4v) is 3.78. The van der Waals surface area contributed by atoms with Crippen molar-refractivity contribution in [2.45, 2.75) is 39.7 Å². The molecule has 0 radical (unpaired) electrons. The topological polar surface area (TPSA) is 12.0 Å². The third kappa shape index (κ3) is 3.05. The Labute approximate surface area is 105 Å².